The normalized spacial score (nSPS) is 24.7. The molecular formula is C19H21NO4. The third kappa shape index (κ3) is 3.35. The molecular weight excluding hydrogens is 306 g/mol. The Morgan fingerprint density at radius 3 is 2.12 bits per heavy atom. The molecule has 4 rings (SSSR count). The lowest BCUT2D eigenvalue weighted by atomic mass is 10.00. The first-order valence-corrected chi connectivity index (χ1v) is 8.37. The van der Waals surface area contributed by atoms with E-state index in [0.29, 0.717) is 39.6 Å². The highest BCUT2D eigenvalue weighted by atomic mass is 16.6. The van der Waals surface area contributed by atoms with E-state index < -0.39 is 0 Å². The number of pyridine rings is 1. The minimum absolute atomic E-state index is 0.0842. The van der Waals surface area contributed by atoms with Crippen molar-refractivity contribution in [2.24, 2.45) is 0 Å². The molecule has 0 N–H and O–H groups in total. The van der Waals surface area contributed by atoms with Crippen LogP contribution in [0, 0.1) is 0 Å². The van der Waals surface area contributed by atoms with Gasteiger partial charge in [-0.25, -0.2) is 4.98 Å². The molecule has 3 heterocycles. The standard InChI is InChI=1S/C19H21NO4/c1-2-4-14(5-3-1)19-15(17-12-21-8-10-23-17)6-7-16(20-19)18-13-22-9-11-24-18/h1-7,17-18H,8-13H2. The van der Waals surface area contributed by atoms with Crippen LogP contribution < -0.4 is 0 Å². The lowest BCUT2D eigenvalue weighted by Crippen LogP contribution is -2.24. The highest BCUT2D eigenvalue weighted by molar-refractivity contribution is 5.64. The Bertz CT molecular complexity index is 664. The van der Waals surface area contributed by atoms with Crippen molar-refractivity contribution in [2.45, 2.75) is 12.2 Å². The molecule has 5 heteroatoms. The van der Waals surface area contributed by atoms with E-state index in [1.165, 1.54) is 0 Å². The molecule has 1 aromatic carbocycles. The number of nitrogens with zero attached hydrogens (tertiary/aromatic N) is 1. The largest absolute Gasteiger partial charge is 0.376 e. The van der Waals surface area contributed by atoms with Crippen LogP contribution in [0.4, 0.5) is 0 Å². The van der Waals surface area contributed by atoms with E-state index in [-0.39, 0.29) is 12.2 Å². The van der Waals surface area contributed by atoms with Crippen LogP contribution >= 0.6 is 0 Å². The minimum atomic E-state index is -0.112. The quantitative estimate of drug-likeness (QED) is 0.867. The molecule has 0 radical (unpaired) electrons. The third-order valence-corrected chi connectivity index (χ3v) is 4.30. The van der Waals surface area contributed by atoms with Gasteiger partial charge in [0.05, 0.1) is 51.0 Å². The highest BCUT2D eigenvalue weighted by Gasteiger charge is 2.24. The molecule has 2 aliphatic rings. The van der Waals surface area contributed by atoms with Crippen molar-refractivity contribution in [3.8, 4) is 11.3 Å². The van der Waals surface area contributed by atoms with E-state index in [1.54, 1.807) is 0 Å². The molecule has 2 aromatic rings. The number of ether oxygens (including phenoxy) is 4. The molecule has 126 valence electrons. The van der Waals surface area contributed by atoms with Crippen molar-refractivity contribution in [1.29, 1.82) is 0 Å². The summed E-state index contributed by atoms with van der Waals surface area (Å²) < 4.78 is 22.8. The van der Waals surface area contributed by atoms with Gasteiger partial charge in [-0.15, -0.1) is 0 Å². The van der Waals surface area contributed by atoms with Gasteiger partial charge in [0.1, 0.15) is 12.2 Å². The van der Waals surface area contributed by atoms with Crippen LogP contribution in [-0.4, -0.2) is 44.6 Å². The van der Waals surface area contributed by atoms with Crippen molar-refractivity contribution < 1.29 is 18.9 Å². The van der Waals surface area contributed by atoms with Crippen LogP contribution in [0.2, 0.25) is 0 Å². The van der Waals surface area contributed by atoms with Crippen molar-refractivity contribution in [3.05, 3.63) is 53.7 Å². The van der Waals surface area contributed by atoms with Gasteiger partial charge in [-0.3, -0.25) is 0 Å². The van der Waals surface area contributed by atoms with Crippen molar-refractivity contribution in [3.63, 3.8) is 0 Å². The van der Waals surface area contributed by atoms with Gasteiger partial charge >= 0.3 is 0 Å². The smallest absolute Gasteiger partial charge is 0.123 e. The fourth-order valence-corrected chi connectivity index (χ4v) is 3.08. The van der Waals surface area contributed by atoms with Crippen molar-refractivity contribution in [1.82, 2.24) is 4.98 Å². The Morgan fingerprint density at radius 2 is 1.46 bits per heavy atom. The maximum Gasteiger partial charge on any atom is 0.123 e. The summed E-state index contributed by atoms with van der Waals surface area (Å²) in [7, 11) is 0. The maximum atomic E-state index is 5.89. The van der Waals surface area contributed by atoms with Gasteiger partial charge in [0.25, 0.3) is 0 Å². The molecule has 0 bridgehead atoms. The van der Waals surface area contributed by atoms with Crippen molar-refractivity contribution in [2.75, 3.05) is 39.6 Å². The van der Waals surface area contributed by atoms with Gasteiger partial charge in [-0.2, -0.15) is 0 Å². The summed E-state index contributed by atoms with van der Waals surface area (Å²) in [6, 6.07) is 14.3. The highest BCUT2D eigenvalue weighted by Crippen LogP contribution is 2.32. The molecule has 0 amide bonds. The summed E-state index contributed by atoms with van der Waals surface area (Å²) in [5, 5.41) is 0. The molecule has 5 nitrogen and oxygen atoms in total. The summed E-state index contributed by atoms with van der Waals surface area (Å²) in [5.74, 6) is 0. The average molecular weight is 327 g/mol. The Balaban J connectivity index is 1.72. The van der Waals surface area contributed by atoms with Gasteiger partial charge < -0.3 is 18.9 Å². The molecule has 0 aliphatic carbocycles. The molecule has 0 saturated carbocycles. The van der Waals surface area contributed by atoms with Gasteiger partial charge in [-0.1, -0.05) is 36.4 Å². The van der Waals surface area contributed by atoms with Gasteiger partial charge in [-0.05, 0) is 6.07 Å². The number of rotatable bonds is 3. The average Bonchev–Trinajstić information content (AvgIpc) is 2.69. The Kier molecular flexibility index (Phi) is 4.85. The second kappa shape index (κ2) is 7.40. The lowest BCUT2D eigenvalue weighted by molar-refractivity contribution is -0.0927. The lowest BCUT2D eigenvalue weighted by Gasteiger charge is -2.27. The topological polar surface area (TPSA) is 49.8 Å². The monoisotopic (exact) mass is 327 g/mol. The van der Waals surface area contributed by atoms with E-state index in [1.807, 2.05) is 24.3 Å². The summed E-state index contributed by atoms with van der Waals surface area (Å²) >= 11 is 0. The molecule has 2 unspecified atom stereocenters. The van der Waals surface area contributed by atoms with Crippen LogP contribution in [-0.2, 0) is 18.9 Å². The first-order chi connectivity index (χ1) is 11.9. The summed E-state index contributed by atoms with van der Waals surface area (Å²) in [6.45, 7) is 3.62. The molecule has 2 atom stereocenters. The van der Waals surface area contributed by atoms with E-state index in [4.69, 9.17) is 23.9 Å². The summed E-state index contributed by atoms with van der Waals surface area (Å²) in [6.07, 6.45) is -0.196. The van der Waals surface area contributed by atoms with Crippen LogP contribution in [0.15, 0.2) is 42.5 Å². The Morgan fingerprint density at radius 1 is 0.750 bits per heavy atom. The molecule has 2 saturated heterocycles. The van der Waals surface area contributed by atoms with Gasteiger partial charge in [0.2, 0.25) is 0 Å². The van der Waals surface area contributed by atoms with Crippen molar-refractivity contribution >= 4 is 0 Å². The van der Waals surface area contributed by atoms with E-state index in [2.05, 4.69) is 18.2 Å². The second-order valence-corrected chi connectivity index (χ2v) is 5.91. The molecule has 1 aromatic heterocycles. The predicted molar refractivity (Wildman–Crippen MR) is 88.7 cm³/mol. The summed E-state index contributed by atoms with van der Waals surface area (Å²) in [4.78, 5) is 4.90. The number of hydrogen-bond donors (Lipinski definition) is 0. The zero-order chi connectivity index (χ0) is 16.2. The molecule has 2 fully saturated rings. The van der Waals surface area contributed by atoms with Crippen LogP contribution in [0.5, 0.6) is 0 Å². The van der Waals surface area contributed by atoms with Gasteiger partial charge in [0.15, 0.2) is 0 Å². The van der Waals surface area contributed by atoms with Crippen LogP contribution in [0.25, 0.3) is 11.3 Å². The molecule has 2 aliphatic heterocycles. The van der Waals surface area contributed by atoms with E-state index >= 15 is 0 Å². The zero-order valence-electron chi connectivity index (χ0n) is 13.5. The SMILES string of the molecule is c1ccc(-c2nc(C3COCCO3)ccc2C2COCCO2)cc1. The zero-order valence-corrected chi connectivity index (χ0v) is 13.5. The Hall–Kier alpha value is -1.79. The number of hydrogen-bond acceptors (Lipinski definition) is 5. The third-order valence-electron chi connectivity index (χ3n) is 4.30. The molecule has 24 heavy (non-hydrogen) atoms. The first kappa shape index (κ1) is 15.7. The minimum Gasteiger partial charge on any atom is -0.376 e. The Labute approximate surface area is 141 Å². The maximum absolute atomic E-state index is 5.89. The molecule has 0 spiro atoms. The fourth-order valence-electron chi connectivity index (χ4n) is 3.08. The van der Waals surface area contributed by atoms with E-state index in [9.17, 15) is 0 Å². The number of aromatic nitrogens is 1. The second-order valence-electron chi connectivity index (χ2n) is 5.91. The predicted octanol–water partition coefficient (Wildman–Crippen LogP) is 2.92. The first-order valence-electron chi connectivity index (χ1n) is 8.37. The summed E-state index contributed by atoms with van der Waals surface area (Å²) in [5.41, 5.74) is 3.95. The van der Waals surface area contributed by atoms with Crippen LogP contribution in [0.3, 0.4) is 0 Å². The van der Waals surface area contributed by atoms with Crippen LogP contribution in [0.1, 0.15) is 23.5 Å². The number of benzene rings is 1. The van der Waals surface area contributed by atoms with Gasteiger partial charge in [0, 0.05) is 11.1 Å². The fraction of sp³-hybridized carbons (Fsp3) is 0.421. The van der Waals surface area contributed by atoms with E-state index in [0.717, 1.165) is 22.5 Å².